The van der Waals surface area contributed by atoms with Gasteiger partial charge in [-0.2, -0.15) is 5.26 Å². The van der Waals surface area contributed by atoms with Crippen LogP contribution in [0.1, 0.15) is 95.8 Å². The van der Waals surface area contributed by atoms with E-state index in [2.05, 4.69) is 40.3 Å². The first-order valence-electron chi connectivity index (χ1n) is 14.9. The van der Waals surface area contributed by atoms with Crippen LogP contribution in [0.4, 0.5) is 0 Å². The molecule has 0 spiro atoms. The average molecular weight is 548 g/mol. The summed E-state index contributed by atoms with van der Waals surface area (Å²) in [5.41, 5.74) is 2.74. The number of allylic oxidation sites excluding steroid dienone is 1. The van der Waals surface area contributed by atoms with Gasteiger partial charge in [0.15, 0.2) is 0 Å². The Morgan fingerprint density at radius 3 is 1.95 bits per heavy atom. The van der Waals surface area contributed by atoms with E-state index in [4.69, 9.17) is 18.9 Å². The molecule has 2 atom stereocenters. The van der Waals surface area contributed by atoms with Crippen molar-refractivity contribution in [2.45, 2.75) is 79.1 Å². The van der Waals surface area contributed by atoms with Gasteiger partial charge in [0.2, 0.25) is 0 Å². The van der Waals surface area contributed by atoms with Crippen molar-refractivity contribution in [1.29, 1.82) is 5.26 Å². The normalized spacial score (nSPS) is 12.8. The van der Waals surface area contributed by atoms with Gasteiger partial charge in [-0.25, -0.2) is 0 Å². The summed E-state index contributed by atoms with van der Waals surface area (Å²) >= 11 is 0. The van der Waals surface area contributed by atoms with Crippen LogP contribution in [-0.4, -0.2) is 27.4 Å². The van der Waals surface area contributed by atoms with Gasteiger partial charge in [0.1, 0.15) is 23.0 Å². The van der Waals surface area contributed by atoms with E-state index in [-0.39, 0.29) is 0 Å². The molecule has 0 radical (unpaired) electrons. The summed E-state index contributed by atoms with van der Waals surface area (Å²) in [6, 6.07) is 11.9. The molecule has 0 N–H and O–H groups in total. The van der Waals surface area contributed by atoms with Crippen molar-refractivity contribution < 1.29 is 18.9 Å². The Labute approximate surface area is 242 Å². The number of hydrogen-bond donors (Lipinski definition) is 0. The van der Waals surface area contributed by atoms with Gasteiger partial charge in [-0.3, -0.25) is 0 Å². The first-order chi connectivity index (χ1) is 19.5. The van der Waals surface area contributed by atoms with Gasteiger partial charge in [0.05, 0.1) is 39.1 Å². The van der Waals surface area contributed by atoms with E-state index in [1.807, 2.05) is 36.4 Å². The molecule has 0 aromatic heterocycles. The molecule has 0 heterocycles. The molecule has 0 saturated carbocycles. The lowest BCUT2D eigenvalue weighted by Gasteiger charge is -2.19. The fourth-order valence-corrected chi connectivity index (χ4v) is 4.70. The van der Waals surface area contributed by atoms with Crippen molar-refractivity contribution in [2.75, 3.05) is 27.4 Å². The van der Waals surface area contributed by atoms with Crippen molar-refractivity contribution in [3.8, 4) is 29.1 Å². The molecule has 0 fully saturated rings. The summed E-state index contributed by atoms with van der Waals surface area (Å²) in [5, 5.41) is 10.3. The Morgan fingerprint density at radius 2 is 1.43 bits per heavy atom. The molecule has 5 nitrogen and oxygen atoms in total. The topological polar surface area (TPSA) is 60.7 Å². The zero-order valence-corrected chi connectivity index (χ0v) is 25.6. The van der Waals surface area contributed by atoms with E-state index < -0.39 is 0 Å². The second-order valence-electron chi connectivity index (χ2n) is 10.3. The van der Waals surface area contributed by atoms with Gasteiger partial charge < -0.3 is 18.9 Å². The molecule has 40 heavy (non-hydrogen) atoms. The number of unbranched alkanes of at least 4 members (excludes halogenated alkanes) is 2. The molecule has 2 rings (SSSR count). The van der Waals surface area contributed by atoms with Crippen LogP contribution in [-0.2, 0) is 0 Å². The van der Waals surface area contributed by atoms with Crippen molar-refractivity contribution in [3.63, 3.8) is 0 Å². The number of ether oxygens (including phenoxy) is 4. The van der Waals surface area contributed by atoms with Gasteiger partial charge in [0.25, 0.3) is 0 Å². The predicted molar refractivity (Wildman–Crippen MR) is 167 cm³/mol. The first kappa shape index (κ1) is 32.8. The third kappa shape index (κ3) is 9.66. The molecule has 0 amide bonds. The summed E-state index contributed by atoms with van der Waals surface area (Å²) in [4.78, 5) is 0. The lowest BCUT2D eigenvalue weighted by atomic mass is 9.99. The minimum absolute atomic E-state index is 0.455. The minimum Gasteiger partial charge on any atom is -0.496 e. The largest absolute Gasteiger partial charge is 0.496 e. The van der Waals surface area contributed by atoms with Crippen LogP contribution in [0.3, 0.4) is 0 Å². The first-order valence-corrected chi connectivity index (χ1v) is 14.9. The highest BCUT2D eigenvalue weighted by Crippen LogP contribution is 2.36. The third-order valence-corrected chi connectivity index (χ3v) is 7.51. The maximum absolute atomic E-state index is 10.3. The van der Waals surface area contributed by atoms with Gasteiger partial charge in [0, 0.05) is 16.7 Å². The predicted octanol–water partition coefficient (Wildman–Crippen LogP) is 9.60. The summed E-state index contributed by atoms with van der Waals surface area (Å²) < 4.78 is 23.9. The fourth-order valence-electron chi connectivity index (χ4n) is 4.70. The Kier molecular flexibility index (Phi) is 14.8. The second kappa shape index (κ2) is 18.1. The van der Waals surface area contributed by atoms with Crippen molar-refractivity contribution in [2.24, 2.45) is 11.8 Å². The van der Waals surface area contributed by atoms with E-state index >= 15 is 0 Å². The van der Waals surface area contributed by atoms with Gasteiger partial charge in [-0.1, -0.05) is 78.9 Å². The molecular weight excluding hydrogens is 498 g/mol. The SMILES string of the molecule is C=Cc1cc(OCC(CC)CCCC)c(/C=C(\C#N)c2cc(OCC(CC)CCCC)ccc2OC)cc1OC. The van der Waals surface area contributed by atoms with Gasteiger partial charge in [-0.15, -0.1) is 0 Å². The lowest BCUT2D eigenvalue weighted by molar-refractivity contribution is 0.232. The highest BCUT2D eigenvalue weighted by atomic mass is 16.5. The van der Waals surface area contributed by atoms with Crippen LogP contribution in [0.5, 0.6) is 23.0 Å². The monoisotopic (exact) mass is 547 g/mol. The van der Waals surface area contributed by atoms with Crippen LogP contribution in [0, 0.1) is 23.2 Å². The molecule has 2 aromatic rings. The Hall–Kier alpha value is -3.39. The molecule has 0 aliphatic rings. The summed E-state index contributed by atoms with van der Waals surface area (Å²) in [6.07, 6.45) is 12.8. The molecule has 5 heteroatoms. The molecule has 0 aliphatic carbocycles. The Morgan fingerprint density at radius 1 is 0.825 bits per heavy atom. The van der Waals surface area contributed by atoms with Crippen molar-refractivity contribution in [1.82, 2.24) is 0 Å². The molecule has 0 aliphatic heterocycles. The maximum Gasteiger partial charge on any atom is 0.127 e. The number of nitriles is 1. The zero-order valence-electron chi connectivity index (χ0n) is 25.6. The number of benzene rings is 2. The van der Waals surface area contributed by atoms with E-state index in [1.54, 1.807) is 20.3 Å². The van der Waals surface area contributed by atoms with Crippen molar-refractivity contribution >= 4 is 17.7 Å². The van der Waals surface area contributed by atoms with E-state index in [0.717, 1.165) is 42.6 Å². The molecule has 2 aromatic carbocycles. The lowest BCUT2D eigenvalue weighted by Crippen LogP contribution is -2.12. The maximum atomic E-state index is 10.3. The molecule has 0 saturated heterocycles. The third-order valence-electron chi connectivity index (χ3n) is 7.51. The summed E-state index contributed by atoms with van der Waals surface area (Å²) in [7, 11) is 3.25. The smallest absolute Gasteiger partial charge is 0.127 e. The van der Waals surface area contributed by atoms with Gasteiger partial charge >= 0.3 is 0 Å². The van der Waals surface area contributed by atoms with Crippen molar-refractivity contribution in [3.05, 3.63) is 53.6 Å². The van der Waals surface area contributed by atoms with E-state index in [9.17, 15) is 5.26 Å². The van der Waals surface area contributed by atoms with Crippen LogP contribution >= 0.6 is 0 Å². The zero-order chi connectivity index (χ0) is 29.3. The number of methoxy groups -OCH3 is 2. The molecule has 0 bridgehead atoms. The van der Waals surface area contributed by atoms with E-state index in [1.165, 1.54) is 25.7 Å². The second-order valence-corrected chi connectivity index (χ2v) is 10.3. The van der Waals surface area contributed by atoms with E-state index in [0.29, 0.717) is 53.4 Å². The fraction of sp³-hybridized carbons (Fsp3) is 0.514. The van der Waals surface area contributed by atoms with Crippen LogP contribution < -0.4 is 18.9 Å². The molecule has 218 valence electrons. The molecule has 2 unspecified atom stereocenters. The number of hydrogen-bond acceptors (Lipinski definition) is 5. The summed E-state index contributed by atoms with van der Waals surface area (Å²) in [5.74, 6) is 3.69. The van der Waals surface area contributed by atoms with Crippen LogP contribution in [0.2, 0.25) is 0 Å². The van der Waals surface area contributed by atoms with Gasteiger partial charge in [-0.05, 0) is 61.1 Å². The average Bonchev–Trinajstić information content (AvgIpc) is 2.99. The van der Waals surface area contributed by atoms with Crippen LogP contribution in [0.15, 0.2) is 36.9 Å². The Bertz CT molecular complexity index is 1130. The quantitative estimate of drug-likeness (QED) is 0.129. The highest BCUT2D eigenvalue weighted by Gasteiger charge is 2.16. The number of rotatable bonds is 19. The summed E-state index contributed by atoms with van der Waals surface area (Å²) in [6.45, 7) is 14.0. The highest BCUT2D eigenvalue weighted by molar-refractivity contribution is 5.93. The molecular formula is C35H49NO4. The Balaban J connectivity index is 2.47. The number of nitrogens with zero attached hydrogens (tertiary/aromatic N) is 1. The van der Waals surface area contributed by atoms with Crippen LogP contribution in [0.25, 0.3) is 17.7 Å². The minimum atomic E-state index is 0.455. The standard InChI is InChI=1S/C35H49NO4/c1-8-13-15-26(10-3)24-39-31-17-18-33(37-6)32(22-31)30(23-36)19-29-21-34(38-7)28(12-5)20-35(29)40-25-27(11-4)16-14-9-2/h12,17-22,26-27H,5,8-11,13-16,24-25H2,1-4,6-7H3/b30-19+.